The molecule has 0 radical (unpaired) electrons. The first-order valence-electron chi connectivity index (χ1n) is 9.58. The monoisotopic (exact) mass is 446 g/mol. The molecule has 2 N–H and O–H groups in total. The topological polar surface area (TPSA) is 119 Å². The van der Waals surface area contributed by atoms with E-state index in [1.165, 1.54) is 0 Å². The van der Waals surface area contributed by atoms with Crippen molar-refractivity contribution in [1.82, 2.24) is 25.8 Å². The van der Waals surface area contributed by atoms with Crippen LogP contribution in [0.2, 0.25) is 5.02 Å². The molecule has 5 aromatic rings. The number of carbonyl (C=O) groups excluding carboxylic acids is 1. The first-order chi connectivity index (χ1) is 15.7. The fourth-order valence-electron chi connectivity index (χ4n) is 3.18. The van der Waals surface area contributed by atoms with Crippen LogP contribution < -0.4 is 10.1 Å². The van der Waals surface area contributed by atoms with Crippen LogP contribution in [0, 0.1) is 0 Å². The van der Waals surface area contributed by atoms with E-state index in [1.807, 2.05) is 30.3 Å². The lowest BCUT2D eigenvalue weighted by atomic mass is 10.1. The molecule has 0 atom stereocenters. The molecule has 0 fully saturated rings. The van der Waals surface area contributed by atoms with Crippen LogP contribution in [-0.2, 0) is 6.61 Å². The summed E-state index contributed by atoms with van der Waals surface area (Å²) in [7, 11) is 0. The number of rotatable bonds is 6. The maximum absolute atomic E-state index is 12.9. The predicted molar refractivity (Wildman–Crippen MR) is 117 cm³/mol. The molecule has 0 aliphatic carbocycles. The Hall–Kier alpha value is -4.24. The van der Waals surface area contributed by atoms with E-state index in [0.717, 1.165) is 5.56 Å². The number of aromatic amines is 1. The normalized spacial score (nSPS) is 10.9. The molecule has 0 unspecified atom stereocenters. The summed E-state index contributed by atoms with van der Waals surface area (Å²) in [5, 5.41) is 21.6. The number of aromatic nitrogens is 5. The number of halogens is 1. The van der Waals surface area contributed by atoms with Gasteiger partial charge in [-0.1, -0.05) is 47.1 Å². The molecule has 2 heterocycles. The molecule has 0 aliphatic rings. The molecule has 5 rings (SSSR count). The summed E-state index contributed by atoms with van der Waals surface area (Å²) in [6.45, 7) is 0.420. The Morgan fingerprint density at radius 3 is 2.78 bits per heavy atom. The highest BCUT2D eigenvalue weighted by atomic mass is 35.5. The zero-order chi connectivity index (χ0) is 21.9. The number of anilines is 1. The minimum absolute atomic E-state index is 0.142. The van der Waals surface area contributed by atoms with E-state index < -0.39 is 5.91 Å². The number of fused-ring (bicyclic) bond motifs is 1. The Bertz CT molecular complexity index is 1390. The van der Waals surface area contributed by atoms with Gasteiger partial charge < -0.3 is 14.6 Å². The smallest absolute Gasteiger partial charge is 0.278 e. The first kappa shape index (κ1) is 19.7. The average molecular weight is 447 g/mol. The Morgan fingerprint density at radius 2 is 1.97 bits per heavy atom. The molecule has 3 aromatic carbocycles. The van der Waals surface area contributed by atoms with Crippen molar-refractivity contribution in [2.24, 2.45) is 0 Å². The second-order valence-electron chi connectivity index (χ2n) is 6.84. The molecular weight excluding hydrogens is 432 g/mol. The van der Waals surface area contributed by atoms with Crippen molar-refractivity contribution in [3.63, 3.8) is 0 Å². The third-order valence-electron chi connectivity index (χ3n) is 4.72. The molecule has 0 aliphatic heterocycles. The maximum Gasteiger partial charge on any atom is 0.278 e. The van der Waals surface area contributed by atoms with Gasteiger partial charge in [-0.3, -0.25) is 4.79 Å². The van der Waals surface area contributed by atoms with Gasteiger partial charge in [0.15, 0.2) is 11.3 Å². The lowest BCUT2D eigenvalue weighted by molar-refractivity contribution is 0.102. The maximum atomic E-state index is 12.9. The van der Waals surface area contributed by atoms with Gasteiger partial charge in [-0.2, -0.15) is 5.21 Å². The number of ether oxygens (including phenoxy) is 1. The van der Waals surface area contributed by atoms with Gasteiger partial charge in [-0.15, -0.1) is 10.2 Å². The van der Waals surface area contributed by atoms with Crippen molar-refractivity contribution in [3.05, 3.63) is 83.0 Å². The van der Waals surface area contributed by atoms with E-state index >= 15 is 0 Å². The number of amides is 1. The number of H-pyrrole nitrogens is 1. The highest BCUT2D eigenvalue weighted by Crippen LogP contribution is 2.30. The quantitative estimate of drug-likeness (QED) is 0.394. The van der Waals surface area contributed by atoms with Gasteiger partial charge in [0.2, 0.25) is 5.82 Å². The number of carbonyl (C=O) groups is 1. The van der Waals surface area contributed by atoms with Crippen LogP contribution in [0.1, 0.15) is 16.1 Å². The number of benzene rings is 3. The minimum atomic E-state index is -0.450. The first-order valence-corrected chi connectivity index (χ1v) is 9.96. The Morgan fingerprint density at radius 1 is 1.09 bits per heavy atom. The van der Waals surface area contributed by atoms with Gasteiger partial charge in [0, 0.05) is 16.7 Å². The molecule has 2 aromatic heterocycles. The van der Waals surface area contributed by atoms with Crippen molar-refractivity contribution in [3.8, 4) is 17.1 Å². The van der Waals surface area contributed by atoms with Gasteiger partial charge in [0.05, 0.1) is 11.1 Å². The van der Waals surface area contributed by atoms with Crippen molar-refractivity contribution >= 4 is 34.2 Å². The standard InChI is InChI=1S/C22H15ClN6O3/c23-14-6-9-18(17(10-14)21-25-28-29-26-21)24-22(30)20-16-8-7-15(11-19(16)32-27-20)31-12-13-4-2-1-3-5-13/h1-11H,12H2,(H,24,30)(H,25,26,28,29). The molecule has 0 bridgehead atoms. The minimum Gasteiger partial charge on any atom is -0.489 e. The van der Waals surface area contributed by atoms with Crippen LogP contribution in [-0.4, -0.2) is 31.7 Å². The van der Waals surface area contributed by atoms with Gasteiger partial charge in [0.25, 0.3) is 5.91 Å². The Labute approximate surface area is 186 Å². The van der Waals surface area contributed by atoms with E-state index in [-0.39, 0.29) is 5.69 Å². The van der Waals surface area contributed by atoms with Crippen molar-refractivity contribution in [2.45, 2.75) is 6.61 Å². The summed E-state index contributed by atoms with van der Waals surface area (Å²) in [5.41, 5.74) is 2.60. The fraction of sp³-hybridized carbons (Fsp3) is 0.0455. The largest absolute Gasteiger partial charge is 0.489 e. The van der Waals surface area contributed by atoms with Gasteiger partial charge in [-0.25, -0.2) is 0 Å². The molecule has 10 heteroatoms. The zero-order valence-corrected chi connectivity index (χ0v) is 17.2. The van der Waals surface area contributed by atoms with Crippen molar-refractivity contribution in [1.29, 1.82) is 0 Å². The van der Waals surface area contributed by atoms with E-state index in [2.05, 4.69) is 31.1 Å². The molecule has 0 saturated heterocycles. The second kappa shape index (κ2) is 8.48. The third kappa shape index (κ3) is 4.01. The number of tetrazole rings is 1. The lowest BCUT2D eigenvalue weighted by Crippen LogP contribution is -2.13. The summed E-state index contributed by atoms with van der Waals surface area (Å²) < 4.78 is 11.2. The summed E-state index contributed by atoms with van der Waals surface area (Å²) in [5.74, 6) is 0.461. The molecule has 0 saturated carbocycles. The molecular formula is C22H15ClN6O3. The van der Waals surface area contributed by atoms with E-state index in [1.54, 1.807) is 36.4 Å². The number of hydrogen-bond donors (Lipinski definition) is 2. The number of nitrogens with zero attached hydrogens (tertiary/aromatic N) is 4. The van der Waals surface area contributed by atoms with Crippen LogP contribution >= 0.6 is 11.6 Å². The van der Waals surface area contributed by atoms with Crippen molar-refractivity contribution in [2.75, 3.05) is 5.32 Å². The van der Waals surface area contributed by atoms with Crippen molar-refractivity contribution < 1.29 is 14.1 Å². The van der Waals surface area contributed by atoms with Crippen LogP contribution in [0.25, 0.3) is 22.4 Å². The highest BCUT2D eigenvalue weighted by molar-refractivity contribution is 6.31. The predicted octanol–water partition coefficient (Wildman–Crippen LogP) is 4.49. The molecule has 158 valence electrons. The van der Waals surface area contributed by atoms with Gasteiger partial charge >= 0.3 is 0 Å². The van der Waals surface area contributed by atoms with E-state index in [4.69, 9.17) is 20.9 Å². The molecule has 32 heavy (non-hydrogen) atoms. The Balaban J connectivity index is 1.37. The van der Waals surface area contributed by atoms with Crippen LogP contribution in [0.3, 0.4) is 0 Å². The molecule has 9 nitrogen and oxygen atoms in total. The van der Waals surface area contributed by atoms with E-state index in [0.29, 0.717) is 45.4 Å². The summed E-state index contributed by atoms with van der Waals surface area (Å²) >= 11 is 6.09. The van der Waals surface area contributed by atoms with Gasteiger partial charge in [0.1, 0.15) is 12.4 Å². The molecule has 0 spiro atoms. The molecule has 1 amide bonds. The third-order valence-corrected chi connectivity index (χ3v) is 4.96. The van der Waals surface area contributed by atoms with E-state index in [9.17, 15) is 4.79 Å². The SMILES string of the molecule is O=C(Nc1ccc(Cl)cc1-c1nn[nH]n1)c1noc2cc(OCc3ccccc3)ccc12. The number of hydrogen-bond acceptors (Lipinski definition) is 7. The average Bonchev–Trinajstić information content (AvgIpc) is 3.49. The zero-order valence-electron chi connectivity index (χ0n) is 16.4. The van der Waals surface area contributed by atoms with Crippen LogP contribution in [0.5, 0.6) is 5.75 Å². The summed E-state index contributed by atoms with van der Waals surface area (Å²) in [4.78, 5) is 12.9. The second-order valence-corrected chi connectivity index (χ2v) is 7.28. The Kier molecular flexibility index (Phi) is 5.22. The van der Waals surface area contributed by atoms with Crippen LogP contribution in [0.15, 0.2) is 71.3 Å². The summed E-state index contributed by atoms with van der Waals surface area (Å²) in [6, 6.07) is 20.0. The van der Waals surface area contributed by atoms with Crippen LogP contribution in [0.4, 0.5) is 5.69 Å². The number of nitrogens with one attached hydrogen (secondary N) is 2. The van der Waals surface area contributed by atoms with Gasteiger partial charge in [-0.05, 0) is 41.1 Å². The lowest BCUT2D eigenvalue weighted by Gasteiger charge is -2.08. The summed E-state index contributed by atoms with van der Waals surface area (Å²) in [6.07, 6.45) is 0. The fourth-order valence-corrected chi connectivity index (χ4v) is 3.35. The highest BCUT2D eigenvalue weighted by Gasteiger charge is 2.19.